The van der Waals surface area contributed by atoms with Gasteiger partial charge in [0.1, 0.15) is 10.4 Å². The summed E-state index contributed by atoms with van der Waals surface area (Å²) in [4.78, 5) is 10.9. The summed E-state index contributed by atoms with van der Waals surface area (Å²) in [5.74, 6) is 0. The smallest absolute Gasteiger partial charge is 0.168 e. The molecular weight excluding hydrogens is 277 g/mol. The van der Waals surface area contributed by atoms with Gasteiger partial charge in [-0.3, -0.25) is 4.79 Å². The Morgan fingerprint density at radius 2 is 1.94 bits per heavy atom. The molecule has 0 radical (unpaired) electrons. The van der Waals surface area contributed by atoms with Crippen LogP contribution >= 0.6 is 35.1 Å². The summed E-state index contributed by atoms with van der Waals surface area (Å²) in [5, 5.41) is 0.470. The number of hydrogen-bond donors (Lipinski definition) is 0. The highest BCUT2D eigenvalue weighted by atomic mass is 35.5. The minimum Gasteiger partial charge on any atom is -0.311 e. The third kappa shape index (κ3) is 4.72. The van der Waals surface area contributed by atoms with Gasteiger partial charge in [0, 0.05) is 6.54 Å². The molecule has 0 saturated heterocycles. The molecular formula is C12H19Cl2NOS. The second-order valence-corrected chi connectivity index (χ2v) is 6.37. The molecule has 0 amide bonds. The van der Waals surface area contributed by atoms with E-state index < -0.39 is 0 Å². The van der Waals surface area contributed by atoms with Crippen molar-refractivity contribution in [3.05, 3.63) is 10.7 Å². The largest absolute Gasteiger partial charge is 0.311 e. The van der Waals surface area contributed by atoms with Gasteiger partial charge in [-0.25, -0.2) is 0 Å². The van der Waals surface area contributed by atoms with Crippen molar-refractivity contribution in [1.29, 1.82) is 0 Å². The second-order valence-electron chi connectivity index (χ2n) is 4.14. The Kier molecular flexibility index (Phi) is 7.40. The topological polar surface area (TPSA) is 20.3 Å². The van der Waals surface area contributed by atoms with Gasteiger partial charge in [0.2, 0.25) is 0 Å². The molecule has 17 heavy (non-hydrogen) atoms. The second kappa shape index (κ2) is 8.28. The van der Waals surface area contributed by atoms with Gasteiger partial charge in [-0.2, -0.15) is 0 Å². The number of carbonyl (C=O) groups excluding carboxylic acids is 1. The third-order valence-electron chi connectivity index (χ3n) is 2.76. The molecule has 0 aliphatic carbocycles. The fourth-order valence-electron chi connectivity index (χ4n) is 1.77. The van der Waals surface area contributed by atoms with E-state index in [1.165, 1.54) is 44.1 Å². The molecule has 0 aromatic carbocycles. The van der Waals surface area contributed by atoms with Gasteiger partial charge in [-0.15, -0.1) is 11.6 Å². The average molecular weight is 296 g/mol. The normalized spacial score (nSPS) is 20.2. The molecule has 1 aliphatic rings. The molecule has 1 unspecified atom stereocenters. The lowest BCUT2D eigenvalue weighted by Crippen LogP contribution is -2.14. The summed E-state index contributed by atoms with van der Waals surface area (Å²) < 4.78 is 1.63. The van der Waals surface area contributed by atoms with Crippen molar-refractivity contribution in [2.75, 3.05) is 6.54 Å². The molecule has 1 atom stereocenters. The summed E-state index contributed by atoms with van der Waals surface area (Å²) in [5.41, 5.74) is 0.547. The SMILES string of the molecule is CCCCCCCCN1SC(Cl)C(Cl)=C1C=O. The maximum atomic E-state index is 10.9. The van der Waals surface area contributed by atoms with Crippen LogP contribution in [0.5, 0.6) is 0 Å². The first kappa shape index (κ1) is 15.2. The summed E-state index contributed by atoms with van der Waals surface area (Å²) in [6.07, 6.45) is 8.24. The number of rotatable bonds is 8. The lowest BCUT2D eigenvalue weighted by molar-refractivity contribution is -0.105. The number of carbonyl (C=O) groups is 1. The van der Waals surface area contributed by atoms with Crippen LogP contribution in [-0.2, 0) is 4.79 Å². The lowest BCUT2D eigenvalue weighted by Gasteiger charge is -2.17. The number of alkyl halides is 1. The average Bonchev–Trinajstić information content (AvgIpc) is 2.59. The first-order valence-electron chi connectivity index (χ1n) is 6.14. The van der Waals surface area contributed by atoms with E-state index in [2.05, 4.69) is 6.92 Å². The van der Waals surface area contributed by atoms with Gasteiger partial charge in [-0.1, -0.05) is 50.6 Å². The van der Waals surface area contributed by atoms with Crippen molar-refractivity contribution in [2.45, 2.75) is 50.2 Å². The summed E-state index contributed by atoms with van der Waals surface area (Å²) in [6.45, 7) is 3.06. The van der Waals surface area contributed by atoms with E-state index in [1.54, 1.807) is 0 Å². The Labute approximate surface area is 118 Å². The molecule has 0 spiro atoms. The maximum absolute atomic E-state index is 10.9. The number of aldehydes is 1. The summed E-state index contributed by atoms with van der Waals surface area (Å²) >= 11 is 13.4. The van der Waals surface area contributed by atoms with Gasteiger partial charge >= 0.3 is 0 Å². The Morgan fingerprint density at radius 3 is 2.59 bits per heavy atom. The molecule has 0 bridgehead atoms. The molecule has 1 rings (SSSR count). The van der Waals surface area contributed by atoms with Gasteiger partial charge < -0.3 is 4.31 Å². The van der Waals surface area contributed by atoms with Crippen LogP contribution in [0.2, 0.25) is 0 Å². The van der Waals surface area contributed by atoms with E-state index in [4.69, 9.17) is 23.2 Å². The van der Waals surface area contributed by atoms with Crippen LogP contribution in [-0.4, -0.2) is 21.8 Å². The summed E-state index contributed by atoms with van der Waals surface area (Å²) in [6, 6.07) is 0. The van der Waals surface area contributed by atoms with E-state index >= 15 is 0 Å². The van der Waals surface area contributed by atoms with Crippen molar-refractivity contribution in [1.82, 2.24) is 4.31 Å². The molecule has 2 nitrogen and oxygen atoms in total. The Balaban J connectivity index is 2.22. The Hall–Kier alpha value is 0.140. The van der Waals surface area contributed by atoms with E-state index in [1.807, 2.05) is 4.31 Å². The number of allylic oxidation sites excluding steroid dienone is 1. The zero-order valence-electron chi connectivity index (χ0n) is 10.1. The lowest BCUT2D eigenvalue weighted by atomic mass is 10.1. The minimum absolute atomic E-state index is 0.294. The zero-order chi connectivity index (χ0) is 12.7. The monoisotopic (exact) mass is 295 g/mol. The van der Waals surface area contributed by atoms with Crippen molar-refractivity contribution in [3.8, 4) is 0 Å². The van der Waals surface area contributed by atoms with Gasteiger partial charge in [0.25, 0.3) is 0 Å². The zero-order valence-corrected chi connectivity index (χ0v) is 12.5. The highest BCUT2D eigenvalue weighted by Gasteiger charge is 2.29. The van der Waals surface area contributed by atoms with E-state index in [0.717, 1.165) is 19.3 Å². The fourth-order valence-corrected chi connectivity index (χ4v) is 3.42. The molecule has 0 fully saturated rings. The minimum atomic E-state index is -0.294. The quantitative estimate of drug-likeness (QED) is 0.284. The van der Waals surface area contributed by atoms with Crippen molar-refractivity contribution >= 4 is 41.4 Å². The highest BCUT2D eigenvalue weighted by molar-refractivity contribution is 7.99. The third-order valence-corrected chi connectivity index (χ3v) is 4.92. The number of unbranched alkanes of at least 4 members (excludes halogenated alkanes) is 5. The number of hydrogen-bond acceptors (Lipinski definition) is 3. The number of halogens is 2. The fraction of sp³-hybridized carbons (Fsp3) is 0.750. The molecule has 5 heteroatoms. The van der Waals surface area contributed by atoms with Crippen molar-refractivity contribution in [3.63, 3.8) is 0 Å². The standard InChI is InChI=1S/C12H19Cl2NOS/c1-2-3-4-5-6-7-8-15-10(9-16)11(13)12(14)17-15/h9,12H,2-8H2,1H3. The first-order valence-corrected chi connectivity index (χ1v) is 7.79. The number of nitrogens with zero attached hydrogens (tertiary/aromatic N) is 1. The maximum Gasteiger partial charge on any atom is 0.168 e. The Morgan fingerprint density at radius 1 is 1.29 bits per heavy atom. The van der Waals surface area contributed by atoms with Crippen LogP contribution in [0.1, 0.15) is 45.4 Å². The Bertz CT molecular complexity index is 284. The van der Waals surface area contributed by atoms with Gasteiger partial charge in [0.15, 0.2) is 6.29 Å². The predicted octanol–water partition coefficient (Wildman–Crippen LogP) is 4.52. The molecule has 0 aromatic heterocycles. The van der Waals surface area contributed by atoms with Crippen LogP contribution in [0.4, 0.5) is 0 Å². The van der Waals surface area contributed by atoms with Gasteiger partial charge in [0.05, 0.1) is 5.03 Å². The molecule has 1 aliphatic heterocycles. The predicted molar refractivity (Wildman–Crippen MR) is 76.3 cm³/mol. The van der Waals surface area contributed by atoms with E-state index in [-0.39, 0.29) is 4.71 Å². The summed E-state index contributed by atoms with van der Waals surface area (Å²) in [7, 11) is 0. The van der Waals surface area contributed by atoms with E-state index in [9.17, 15) is 4.79 Å². The van der Waals surface area contributed by atoms with Crippen LogP contribution < -0.4 is 0 Å². The highest BCUT2D eigenvalue weighted by Crippen LogP contribution is 2.40. The van der Waals surface area contributed by atoms with Crippen LogP contribution in [0.3, 0.4) is 0 Å². The van der Waals surface area contributed by atoms with Crippen LogP contribution in [0.15, 0.2) is 10.7 Å². The van der Waals surface area contributed by atoms with E-state index in [0.29, 0.717) is 10.7 Å². The molecule has 0 N–H and O–H groups in total. The van der Waals surface area contributed by atoms with Crippen LogP contribution in [0.25, 0.3) is 0 Å². The van der Waals surface area contributed by atoms with Crippen molar-refractivity contribution in [2.24, 2.45) is 0 Å². The van der Waals surface area contributed by atoms with Gasteiger partial charge in [-0.05, 0) is 18.4 Å². The molecule has 0 saturated carbocycles. The van der Waals surface area contributed by atoms with Crippen molar-refractivity contribution < 1.29 is 4.79 Å². The van der Waals surface area contributed by atoms with Crippen LogP contribution in [0, 0.1) is 0 Å². The first-order chi connectivity index (χ1) is 8.20. The molecule has 98 valence electrons. The molecule has 1 heterocycles. The molecule has 0 aromatic rings.